The zero-order valence-corrected chi connectivity index (χ0v) is 16.0. The van der Waals surface area contributed by atoms with E-state index in [2.05, 4.69) is 5.32 Å². The third kappa shape index (κ3) is 4.65. The van der Waals surface area contributed by atoms with Gasteiger partial charge in [-0.1, -0.05) is 0 Å². The van der Waals surface area contributed by atoms with Gasteiger partial charge in [0.2, 0.25) is 5.91 Å². The molecule has 0 radical (unpaired) electrons. The van der Waals surface area contributed by atoms with Crippen LogP contribution in [0, 0.1) is 10.1 Å². The molecule has 2 fully saturated rings. The number of thioether (sulfide) groups is 1. The van der Waals surface area contributed by atoms with Crippen molar-refractivity contribution in [3.05, 3.63) is 34.4 Å². The zero-order chi connectivity index (χ0) is 17.3. The Kier molecular flexibility index (Phi) is 6.71. The Morgan fingerprint density at radius 3 is 2.36 bits per heavy atom. The minimum absolute atomic E-state index is 0. The number of carbonyl (C=O) groups excluding carboxylic acids is 1. The third-order valence-corrected chi connectivity index (χ3v) is 6.15. The molecule has 2 aliphatic rings. The number of nitro groups is 1. The van der Waals surface area contributed by atoms with E-state index in [0.29, 0.717) is 18.1 Å². The third-order valence-electron chi connectivity index (χ3n) is 5.05. The molecule has 1 aromatic carbocycles. The van der Waals surface area contributed by atoms with E-state index in [4.69, 9.17) is 0 Å². The Balaban J connectivity index is 0.00000225. The largest absolute Gasteiger partial charge is 0.342 e. The van der Waals surface area contributed by atoms with Crippen molar-refractivity contribution in [2.75, 3.05) is 7.05 Å². The summed E-state index contributed by atoms with van der Waals surface area (Å²) in [6.45, 7) is 1.90. The second-order valence-corrected chi connectivity index (χ2v) is 8.14. The van der Waals surface area contributed by atoms with Gasteiger partial charge in [-0.3, -0.25) is 14.9 Å². The second-order valence-electron chi connectivity index (χ2n) is 6.72. The van der Waals surface area contributed by atoms with Crippen LogP contribution >= 0.6 is 24.2 Å². The topological polar surface area (TPSA) is 75.5 Å². The fraction of sp³-hybridized carbons (Fsp3) is 0.588. The Bertz CT molecular complexity index is 616. The SMILES string of the molecule is CC(Sc1ccc([N+](=O)[O-])cc1)C(=O)N(C)C1CC2CCC(C1)N2.Cl. The normalized spacial score (nSPS) is 25.8. The van der Waals surface area contributed by atoms with E-state index >= 15 is 0 Å². The summed E-state index contributed by atoms with van der Waals surface area (Å²) in [6.07, 6.45) is 4.51. The fourth-order valence-corrected chi connectivity index (χ4v) is 4.68. The van der Waals surface area contributed by atoms with Crippen LogP contribution < -0.4 is 5.32 Å². The van der Waals surface area contributed by atoms with Crippen molar-refractivity contribution in [1.29, 1.82) is 0 Å². The molecular formula is C17H24ClN3O3S. The number of carbonyl (C=O) groups is 1. The molecule has 0 saturated carbocycles. The highest BCUT2D eigenvalue weighted by atomic mass is 35.5. The van der Waals surface area contributed by atoms with Crippen molar-refractivity contribution in [2.45, 2.75) is 60.9 Å². The molecule has 3 atom stereocenters. The summed E-state index contributed by atoms with van der Waals surface area (Å²) < 4.78 is 0. The van der Waals surface area contributed by atoms with Gasteiger partial charge in [-0.05, 0) is 44.7 Å². The van der Waals surface area contributed by atoms with Gasteiger partial charge in [0.25, 0.3) is 5.69 Å². The molecule has 3 rings (SSSR count). The number of nitrogens with zero attached hydrogens (tertiary/aromatic N) is 2. The van der Waals surface area contributed by atoms with Gasteiger partial charge in [0.05, 0.1) is 10.2 Å². The number of halogens is 1. The highest BCUT2D eigenvalue weighted by Gasteiger charge is 2.37. The van der Waals surface area contributed by atoms with Crippen LogP contribution in [0.1, 0.15) is 32.6 Å². The van der Waals surface area contributed by atoms with E-state index < -0.39 is 4.92 Å². The van der Waals surface area contributed by atoms with Crippen LogP contribution in [0.5, 0.6) is 0 Å². The van der Waals surface area contributed by atoms with Crippen molar-refractivity contribution < 1.29 is 9.72 Å². The van der Waals surface area contributed by atoms with E-state index in [1.54, 1.807) is 12.1 Å². The summed E-state index contributed by atoms with van der Waals surface area (Å²) in [7, 11) is 1.91. The summed E-state index contributed by atoms with van der Waals surface area (Å²) in [5.41, 5.74) is 0.0700. The van der Waals surface area contributed by atoms with E-state index in [1.165, 1.54) is 36.7 Å². The highest BCUT2D eigenvalue weighted by molar-refractivity contribution is 8.00. The van der Waals surface area contributed by atoms with Gasteiger partial charge in [-0.15, -0.1) is 24.2 Å². The average Bonchev–Trinajstić information content (AvgIpc) is 2.91. The number of nitrogens with one attached hydrogen (secondary N) is 1. The lowest BCUT2D eigenvalue weighted by Gasteiger charge is -2.36. The zero-order valence-electron chi connectivity index (χ0n) is 14.4. The maximum Gasteiger partial charge on any atom is 0.269 e. The summed E-state index contributed by atoms with van der Waals surface area (Å²) >= 11 is 1.45. The van der Waals surface area contributed by atoms with Crippen LogP contribution in [-0.2, 0) is 4.79 Å². The highest BCUT2D eigenvalue weighted by Crippen LogP contribution is 2.31. The predicted octanol–water partition coefficient (Wildman–Crippen LogP) is 3.24. The first-order valence-electron chi connectivity index (χ1n) is 8.38. The Morgan fingerprint density at radius 2 is 1.84 bits per heavy atom. The number of non-ortho nitro benzene ring substituents is 1. The van der Waals surface area contributed by atoms with Crippen LogP contribution in [0.3, 0.4) is 0 Å². The predicted molar refractivity (Wildman–Crippen MR) is 101 cm³/mol. The number of amides is 1. The fourth-order valence-electron chi connectivity index (χ4n) is 3.71. The number of hydrogen-bond acceptors (Lipinski definition) is 5. The number of rotatable bonds is 5. The van der Waals surface area contributed by atoms with Gasteiger partial charge in [-0.2, -0.15) is 0 Å². The molecule has 2 bridgehead atoms. The van der Waals surface area contributed by atoms with Crippen LogP contribution in [0.4, 0.5) is 5.69 Å². The molecule has 1 aromatic rings. The van der Waals surface area contributed by atoms with E-state index in [9.17, 15) is 14.9 Å². The van der Waals surface area contributed by atoms with Gasteiger partial charge in [0.1, 0.15) is 0 Å². The standard InChI is InChI=1S/C17H23N3O3S.ClH/c1-11(24-16-7-5-14(6-8-16)20(22)23)17(21)19(2)15-9-12-3-4-13(10-15)18-12;/h5-8,11-13,15,18H,3-4,9-10H2,1-2H3;1H. The number of piperidine rings is 1. The van der Waals surface area contributed by atoms with E-state index in [0.717, 1.165) is 17.7 Å². The first-order chi connectivity index (χ1) is 11.4. The quantitative estimate of drug-likeness (QED) is 0.478. The Hall–Kier alpha value is -1.31. The van der Waals surface area contributed by atoms with Crippen molar-refractivity contribution in [1.82, 2.24) is 10.2 Å². The lowest BCUT2D eigenvalue weighted by atomic mass is 9.98. The average molecular weight is 386 g/mol. The van der Waals surface area contributed by atoms with Crippen molar-refractivity contribution in [2.24, 2.45) is 0 Å². The molecule has 2 aliphatic heterocycles. The Labute approximate surface area is 158 Å². The number of nitro benzene ring substituents is 1. The van der Waals surface area contributed by atoms with E-state index in [1.807, 2.05) is 18.9 Å². The van der Waals surface area contributed by atoms with Gasteiger partial charge < -0.3 is 10.2 Å². The van der Waals surface area contributed by atoms with Crippen LogP contribution in [0.15, 0.2) is 29.2 Å². The molecule has 6 nitrogen and oxygen atoms in total. The molecule has 0 aromatic heterocycles. The smallest absolute Gasteiger partial charge is 0.269 e. The van der Waals surface area contributed by atoms with Crippen molar-refractivity contribution in [3.63, 3.8) is 0 Å². The van der Waals surface area contributed by atoms with Crippen LogP contribution in [-0.4, -0.2) is 46.2 Å². The monoisotopic (exact) mass is 385 g/mol. The molecule has 8 heteroatoms. The minimum atomic E-state index is -0.414. The molecule has 3 unspecified atom stereocenters. The number of hydrogen-bond donors (Lipinski definition) is 1. The van der Waals surface area contributed by atoms with Gasteiger partial charge in [-0.25, -0.2) is 0 Å². The maximum atomic E-state index is 12.7. The molecule has 138 valence electrons. The first-order valence-corrected chi connectivity index (χ1v) is 9.26. The summed E-state index contributed by atoms with van der Waals surface area (Å²) in [5, 5.41) is 14.1. The molecule has 1 amide bonds. The van der Waals surface area contributed by atoms with Gasteiger partial charge in [0, 0.05) is 42.2 Å². The summed E-state index contributed by atoms with van der Waals surface area (Å²) in [6, 6.07) is 7.80. The maximum absolute atomic E-state index is 12.7. The second kappa shape index (κ2) is 8.38. The number of fused-ring (bicyclic) bond motifs is 2. The lowest BCUT2D eigenvalue weighted by Crippen LogP contribution is -2.50. The minimum Gasteiger partial charge on any atom is -0.342 e. The lowest BCUT2D eigenvalue weighted by molar-refractivity contribution is -0.384. The van der Waals surface area contributed by atoms with Crippen LogP contribution in [0.2, 0.25) is 0 Å². The van der Waals surface area contributed by atoms with Gasteiger partial charge in [0.15, 0.2) is 0 Å². The molecule has 2 heterocycles. The molecule has 0 aliphatic carbocycles. The molecule has 25 heavy (non-hydrogen) atoms. The van der Waals surface area contributed by atoms with E-state index in [-0.39, 0.29) is 29.3 Å². The number of benzene rings is 1. The van der Waals surface area contributed by atoms with Crippen molar-refractivity contribution in [3.8, 4) is 0 Å². The van der Waals surface area contributed by atoms with Crippen LogP contribution in [0.25, 0.3) is 0 Å². The molecular weight excluding hydrogens is 362 g/mol. The van der Waals surface area contributed by atoms with Crippen molar-refractivity contribution >= 4 is 35.8 Å². The first kappa shape index (κ1) is 20.0. The summed E-state index contributed by atoms with van der Waals surface area (Å²) in [4.78, 5) is 25.8. The Morgan fingerprint density at radius 1 is 1.28 bits per heavy atom. The summed E-state index contributed by atoms with van der Waals surface area (Å²) in [5.74, 6) is 0.129. The molecule has 1 N–H and O–H groups in total. The molecule has 0 spiro atoms. The molecule has 2 saturated heterocycles. The van der Waals surface area contributed by atoms with Gasteiger partial charge >= 0.3 is 0 Å².